The SMILES string of the molecule is COC(=O)c1cc(NC(=O)c2cn(C(C)=O)c3ccc(OC)cc23)cc(-c2cnn(C)c2)c1. The normalized spacial score (nSPS) is 10.8. The molecule has 168 valence electrons. The fourth-order valence-electron chi connectivity index (χ4n) is 3.65. The second kappa shape index (κ2) is 8.62. The van der Waals surface area contributed by atoms with E-state index in [-0.39, 0.29) is 11.5 Å². The molecule has 1 amide bonds. The number of hydrogen-bond acceptors (Lipinski definition) is 6. The molecule has 0 aliphatic rings. The maximum absolute atomic E-state index is 13.3. The molecule has 2 aromatic carbocycles. The molecule has 0 saturated heterocycles. The number of esters is 1. The highest BCUT2D eigenvalue weighted by Crippen LogP contribution is 2.29. The Labute approximate surface area is 189 Å². The van der Waals surface area contributed by atoms with Crippen molar-refractivity contribution < 1.29 is 23.9 Å². The second-order valence-electron chi connectivity index (χ2n) is 7.46. The number of hydrogen-bond donors (Lipinski definition) is 1. The zero-order valence-corrected chi connectivity index (χ0v) is 18.6. The monoisotopic (exact) mass is 446 g/mol. The molecule has 1 N–H and O–H groups in total. The standard InChI is InChI=1S/C24H22N4O5/c1-14(29)28-13-21(20-10-19(32-3)5-6-22(20)28)23(30)26-18-8-15(17-11-25-27(2)12-17)7-16(9-18)24(31)33-4/h5-13H,1-4H3,(H,26,30). The molecule has 0 fully saturated rings. The van der Waals surface area contributed by atoms with Crippen LogP contribution in [0.1, 0.15) is 32.4 Å². The van der Waals surface area contributed by atoms with E-state index < -0.39 is 11.9 Å². The van der Waals surface area contributed by atoms with Crippen LogP contribution in [0.3, 0.4) is 0 Å². The Kier molecular flexibility index (Phi) is 5.70. The van der Waals surface area contributed by atoms with E-state index in [1.807, 2.05) is 0 Å². The second-order valence-corrected chi connectivity index (χ2v) is 7.46. The quantitative estimate of drug-likeness (QED) is 0.468. The third kappa shape index (κ3) is 4.20. The van der Waals surface area contributed by atoms with Gasteiger partial charge in [-0.3, -0.25) is 18.8 Å². The largest absolute Gasteiger partial charge is 0.497 e. The molecule has 9 nitrogen and oxygen atoms in total. The first kappa shape index (κ1) is 21.8. The van der Waals surface area contributed by atoms with Gasteiger partial charge in [-0.25, -0.2) is 4.79 Å². The van der Waals surface area contributed by atoms with Crippen molar-refractivity contribution in [1.29, 1.82) is 0 Å². The van der Waals surface area contributed by atoms with Crippen molar-refractivity contribution in [2.24, 2.45) is 7.05 Å². The summed E-state index contributed by atoms with van der Waals surface area (Å²) in [7, 11) is 4.61. The number of aryl methyl sites for hydroxylation is 1. The number of ether oxygens (including phenoxy) is 2. The predicted octanol–water partition coefficient (Wildman–Crippen LogP) is 3.75. The number of fused-ring (bicyclic) bond motifs is 1. The molecule has 0 spiro atoms. The van der Waals surface area contributed by atoms with Gasteiger partial charge < -0.3 is 14.8 Å². The van der Waals surface area contributed by atoms with Crippen LogP contribution in [0.25, 0.3) is 22.0 Å². The van der Waals surface area contributed by atoms with Crippen LogP contribution in [-0.2, 0) is 11.8 Å². The first-order chi connectivity index (χ1) is 15.8. The van der Waals surface area contributed by atoms with Gasteiger partial charge in [0, 0.05) is 43.0 Å². The highest BCUT2D eigenvalue weighted by atomic mass is 16.5. The van der Waals surface area contributed by atoms with Crippen LogP contribution in [0.4, 0.5) is 5.69 Å². The Hall–Kier alpha value is -4.40. The van der Waals surface area contributed by atoms with Crippen LogP contribution < -0.4 is 10.1 Å². The third-order valence-corrected chi connectivity index (χ3v) is 5.25. The summed E-state index contributed by atoms with van der Waals surface area (Å²) < 4.78 is 13.2. The van der Waals surface area contributed by atoms with Crippen LogP contribution in [0.15, 0.2) is 55.0 Å². The molecular weight excluding hydrogens is 424 g/mol. The lowest BCUT2D eigenvalue weighted by Crippen LogP contribution is -2.13. The maximum Gasteiger partial charge on any atom is 0.337 e. The van der Waals surface area contributed by atoms with Crippen molar-refractivity contribution in [2.45, 2.75) is 6.92 Å². The average Bonchev–Trinajstić information content (AvgIpc) is 3.41. The van der Waals surface area contributed by atoms with Crippen molar-refractivity contribution in [3.63, 3.8) is 0 Å². The molecule has 9 heteroatoms. The van der Waals surface area contributed by atoms with Crippen LogP contribution >= 0.6 is 0 Å². The van der Waals surface area contributed by atoms with Crippen molar-refractivity contribution >= 4 is 34.4 Å². The molecular formula is C24H22N4O5. The Morgan fingerprint density at radius 3 is 2.42 bits per heavy atom. The highest BCUT2D eigenvalue weighted by Gasteiger charge is 2.19. The van der Waals surface area contributed by atoms with E-state index in [0.717, 1.165) is 5.56 Å². The Bertz CT molecular complexity index is 1400. The van der Waals surface area contributed by atoms with Crippen LogP contribution in [-0.4, -0.2) is 46.4 Å². The molecule has 2 heterocycles. The van der Waals surface area contributed by atoms with Crippen LogP contribution in [0, 0.1) is 0 Å². The number of nitrogens with zero attached hydrogens (tertiary/aromatic N) is 3. The molecule has 0 radical (unpaired) electrons. The summed E-state index contributed by atoms with van der Waals surface area (Å²) in [6, 6.07) is 10.1. The van der Waals surface area contributed by atoms with Gasteiger partial charge in [0.05, 0.1) is 37.1 Å². The summed E-state index contributed by atoms with van der Waals surface area (Å²) in [5, 5.41) is 7.57. The van der Waals surface area contributed by atoms with Gasteiger partial charge in [0.15, 0.2) is 0 Å². The number of anilines is 1. The Morgan fingerprint density at radius 1 is 1.00 bits per heavy atom. The highest BCUT2D eigenvalue weighted by molar-refractivity contribution is 6.15. The van der Waals surface area contributed by atoms with E-state index in [2.05, 4.69) is 10.4 Å². The van der Waals surface area contributed by atoms with Gasteiger partial charge in [-0.2, -0.15) is 5.10 Å². The lowest BCUT2D eigenvalue weighted by Gasteiger charge is -2.10. The molecule has 0 saturated carbocycles. The fraction of sp³-hybridized carbons (Fsp3) is 0.167. The minimum absolute atomic E-state index is 0.226. The minimum Gasteiger partial charge on any atom is -0.497 e. The van der Waals surface area contributed by atoms with E-state index in [1.165, 1.54) is 38.0 Å². The molecule has 0 aliphatic carbocycles. The fourth-order valence-corrected chi connectivity index (χ4v) is 3.65. The molecule has 0 aliphatic heterocycles. The molecule has 33 heavy (non-hydrogen) atoms. The van der Waals surface area contributed by atoms with Gasteiger partial charge in [0.2, 0.25) is 5.91 Å². The number of nitrogens with one attached hydrogen (secondary N) is 1. The lowest BCUT2D eigenvalue weighted by atomic mass is 10.0. The first-order valence-electron chi connectivity index (χ1n) is 10.0. The average molecular weight is 446 g/mol. The number of rotatable bonds is 5. The topological polar surface area (TPSA) is 104 Å². The number of methoxy groups -OCH3 is 2. The van der Waals surface area contributed by atoms with E-state index in [4.69, 9.17) is 9.47 Å². The summed E-state index contributed by atoms with van der Waals surface area (Å²) in [5.41, 5.74) is 3.03. The van der Waals surface area contributed by atoms with Crippen molar-refractivity contribution in [3.8, 4) is 16.9 Å². The van der Waals surface area contributed by atoms with E-state index in [9.17, 15) is 14.4 Å². The van der Waals surface area contributed by atoms with Crippen LogP contribution in [0.2, 0.25) is 0 Å². The van der Waals surface area contributed by atoms with Gasteiger partial charge in [-0.15, -0.1) is 0 Å². The molecule has 2 aromatic heterocycles. The zero-order valence-electron chi connectivity index (χ0n) is 18.6. The van der Waals surface area contributed by atoms with E-state index >= 15 is 0 Å². The van der Waals surface area contributed by atoms with Gasteiger partial charge >= 0.3 is 5.97 Å². The van der Waals surface area contributed by atoms with Gasteiger partial charge in [0.1, 0.15) is 5.75 Å². The van der Waals surface area contributed by atoms with Gasteiger partial charge in [-0.1, -0.05) is 0 Å². The number of aromatic nitrogens is 3. The molecule has 0 unspecified atom stereocenters. The number of amides is 1. The molecule has 4 rings (SSSR count). The number of benzene rings is 2. The Balaban J connectivity index is 1.77. The number of carbonyl (C=O) groups is 3. The molecule has 0 atom stereocenters. The first-order valence-corrected chi connectivity index (χ1v) is 10.0. The summed E-state index contributed by atoms with van der Waals surface area (Å²) >= 11 is 0. The Morgan fingerprint density at radius 2 is 1.79 bits per heavy atom. The zero-order chi connectivity index (χ0) is 23.7. The number of carbonyl (C=O) groups excluding carboxylic acids is 3. The summed E-state index contributed by atoms with van der Waals surface area (Å²) in [4.78, 5) is 37.6. The van der Waals surface area contributed by atoms with Crippen LogP contribution in [0.5, 0.6) is 5.75 Å². The molecule has 0 bridgehead atoms. The summed E-state index contributed by atoms with van der Waals surface area (Å²) in [6.07, 6.45) is 4.96. The smallest absolute Gasteiger partial charge is 0.337 e. The minimum atomic E-state index is -0.533. The lowest BCUT2D eigenvalue weighted by molar-refractivity contribution is 0.0600. The van der Waals surface area contributed by atoms with Crippen molar-refractivity contribution in [3.05, 3.63) is 66.1 Å². The van der Waals surface area contributed by atoms with E-state index in [1.54, 1.807) is 54.5 Å². The van der Waals surface area contributed by atoms with E-state index in [0.29, 0.717) is 33.5 Å². The summed E-state index contributed by atoms with van der Waals surface area (Å²) in [5.74, 6) is -0.637. The third-order valence-electron chi connectivity index (χ3n) is 5.25. The van der Waals surface area contributed by atoms with Crippen molar-refractivity contribution in [2.75, 3.05) is 19.5 Å². The van der Waals surface area contributed by atoms with Gasteiger partial charge in [0.25, 0.3) is 5.91 Å². The predicted molar refractivity (Wildman–Crippen MR) is 123 cm³/mol. The van der Waals surface area contributed by atoms with Crippen molar-refractivity contribution in [1.82, 2.24) is 14.3 Å². The maximum atomic E-state index is 13.3. The van der Waals surface area contributed by atoms with Gasteiger partial charge in [-0.05, 0) is 42.0 Å². The molecule has 4 aromatic rings. The summed E-state index contributed by atoms with van der Waals surface area (Å²) in [6.45, 7) is 1.42.